The Morgan fingerprint density at radius 2 is 2.06 bits per heavy atom. The van der Waals surface area contributed by atoms with Crippen molar-refractivity contribution in [2.24, 2.45) is 0 Å². The van der Waals surface area contributed by atoms with Crippen molar-refractivity contribution in [1.29, 1.82) is 0 Å². The third kappa shape index (κ3) is 4.13. The minimum absolute atomic E-state index is 0.213. The van der Waals surface area contributed by atoms with Crippen LogP contribution in [0.4, 0.5) is 11.5 Å². The summed E-state index contributed by atoms with van der Waals surface area (Å²) in [6.45, 7) is 6.16. The van der Waals surface area contributed by atoms with Crippen LogP contribution in [0.3, 0.4) is 0 Å². The Balaban J connectivity index is 1.42. The second kappa shape index (κ2) is 8.43. The number of nitrogens with one attached hydrogen (secondary N) is 2. The van der Waals surface area contributed by atoms with E-state index < -0.39 is 0 Å². The summed E-state index contributed by atoms with van der Waals surface area (Å²) in [5, 5.41) is 16.8. The van der Waals surface area contributed by atoms with Gasteiger partial charge in [0.25, 0.3) is 5.91 Å². The Bertz CT molecular complexity index is 1310. The second-order valence-corrected chi connectivity index (χ2v) is 9.42. The smallest absolute Gasteiger partial charge is 0.259 e. The largest absolute Gasteiger partial charge is 0.387 e. The van der Waals surface area contributed by atoms with E-state index in [1.807, 2.05) is 46.9 Å². The van der Waals surface area contributed by atoms with Gasteiger partial charge in [-0.2, -0.15) is 0 Å². The number of aromatic nitrogens is 6. The highest BCUT2D eigenvalue weighted by Gasteiger charge is 2.26. The number of amides is 1. The highest BCUT2D eigenvalue weighted by Crippen LogP contribution is 2.39. The van der Waals surface area contributed by atoms with Crippen molar-refractivity contribution >= 4 is 28.7 Å². The number of carbonyl (C=O) groups excluding carboxylic acids is 1. The van der Waals surface area contributed by atoms with E-state index >= 15 is 0 Å². The van der Waals surface area contributed by atoms with E-state index in [0.717, 1.165) is 22.6 Å². The fourth-order valence-corrected chi connectivity index (χ4v) is 4.56. The number of imidazole rings is 1. The molecule has 0 spiro atoms. The van der Waals surface area contributed by atoms with E-state index in [0.29, 0.717) is 28.1 Å². The molecule has 0 unspecified atom stereocenters. The van der Waals surface area contributed by atoms with Crippen molar-refractivity contribution in [2.45, 2.75) is 45.6 Å². The Labute approximate surface area is 195 Å². The number of carbonyl (C=O) groups is 1. The van der Waals surface area contributed by atoms with Crippen molar-refractivity contribution in [1.82, 2.24) is 29.3 Å². The van der Waals surface area contributed by atoms with Gasteiger partial charge in [0.15, 0.2) is 10.8 Å². The van der Waals surface area contributed by atoms with Crippen molar-refractivity contribution in [2.75, 3.05) is 17.7 Å². The number of anilines is 2. The lowest BCUT2D eigenvalue weighted by molar-refractivity contribution is 0.102. The van der Waals surface area contributed by atoms with Crippen LogP contribution in [0.5, 0.6) is 0 Å². The average molecular weight is 463 g/mol. The van der Waals surface area contributed by atoms with Gasteiger partial charge < -0.3 is 19.8 Å². The highest BCUT2D eigenvalue weighted by molar-refractivity contribution is 7.13. The molecule has 3 heterocycles. The molecule has 4 aromatic rings. The maximum atomic E-state index is 13.2. The van der Waals surface area contributed by atoms with E-state index in [1.54, 1.807) is 6.33 Å². The summed E-state index contributed by atoms with van der Waals surface area (Å²) in [6, 6.07) is 4.10. The summed E-state index contributed by atoms with van der Waals surface area (Å²) < 4.78 is 3.95. The maximum absolute atomic E-state index is 13.2. The first-order valence-corrected chi connectivity index (χ1v) is 11.9. The van der Waals surface area contributed by atoms with Crippen LogP contribution < -0.4 is 10.6 Å². The minimum Gasteiger partial charge on any atom is -0.387 e. The first kappa shape index (κ1) is 21.3. The molecule has 1 aromatic carbocycles. The van der Waals surface area contributed by atoms with Gasteiger partial charge >= 0.3 is 0 Å². The van der Waals surface area contributed by atoms with E-state index in [1.165, 1.54) is 24.2 Å². The monoisotopic (exact) mass is 462 g/mol. The van der Waals surface area contributed by atoms with Gasteiger partial charge in [-0.3, -0.25) is 4.79 Å². The molecule has 10 heteroatoms. The first-order chi connectivity index (χ1) is 15.9. The van der Waals surface area contributed by atoms with Gasteiger partial charge in [0.05, 0.1) is 23.3 Å². The number of hydrogen-bond donors (Lipinski definition) is 2. The molecule has 1 aliphatic carbocycles. The van der Waals surface area contributed by atoms with E-state index in [9.17, 15) is 4.79 Å². The van der Waals surface area contributed by atoms with Gasteiger partial charge in [0, 0.05) is 36.3 Å². The van der Waals surface area contributed by atoms with Crippen LogP contribution in [0, 0.1) is 6.92 Å². The molecule has 1 amide bonds. The molecule has 0 aliphatic heterocycles. The Hall–Kier alpha value is -3.53. The van der Waals surface area contributed by atoms with Gasteiger partial charge in [-0.25, -0.2) is 9.97 Å². The van der Waals surface area contributed by atoms with Crippen molar-refractivity contribution in [3.8, 4) is 16.5 Å². The minimum atomic E-state index is -0.231. The van der Waals surface area contributed by atoms with Crippen LogP contribution in [-0.2, 0) is 0 Å². The number of benzene rings is 1. The van der Waals surface area contributed by atoms with Gasteiger partial charge in [0.1, 0.15) is 12.1 Å². The average Bonchev–Trinajstić information content (AvgIpc) is 3.20. The third-order valence-corrected chi connectivity index (χ3v) is 6.63. The SMILES string of the molecule is CNc1cc(C)c(-n2cnc(C3CC3)c2)cc1C(=O)Nc1csc(-c2nncn2C(C)C)n1. The van der Waals surface area contributed by atoms with Crippen molar-refractivity contribution < 1.29 is 4.79 Å². The number of aryl methyl sites for hydroxylation is 1. The predicted molar refractivity (Wildman–Crippen MR) is 129 cm³/mol. The standard InChI is InChI=1S/C23H26N8OS/c1-13(2)31-12-26-29-21(31)23-28-20(10-33-23)27-22(32)16-8-19(14(3)7-17(16)24-4)30-9-18(25-11-30)15-5-6-15/h7-13,15,24H,5-6H2,1-4H3,(H,27,32). The van der Waals surface area contributed by atoms with Gasteiger partial charge in [-0.05, 0) is 51.3 Å². The summed E-state index contributed by atoms with van der Waals surface area (Å²) in [5.74, 6) is 1.52. The summed E-state index contributed by atoms with van der Waals surface area (Å²) in [7, 11) is 1.81. The van der Waals surface area contributed by atoms with Gasteiger partial charge in [-0.15, -0.1) is 21.5 Å². The summed E-state index contributed by atoms with van der Waals surface area (Å²) in [5.41, 5.74) is 4.40. The zero-order chi connectivity index (χ0) is 23.1. The first-order valence-electron chi connectivity index (χ1n) is 11.0. The van der Waals surface area contributed by atoms with E-state index in [2.05, 4.69) is 50.8 Å². The number of hydrogen-bond acceptors (Lipinski definition) is 7. The molecule has 5 rings (SSSR count). The number of rotatable bonds is 7. The molecule has 0 atom stereocenters. The van der Waals surface area contributed by atoms with Crippen LogP contribution in [0.1, 0.15) is 60.3 Å². The molecule has 3 aromatic heterocycles. The van der Waals surface area contributed by atoms with E-state index in [-0.39, 0.29) is 11.9 Å². The fourth-order valence-electron chi connectivity index (χ4n) is 3.82. The second-order valence-electron chi connectivity index (χ2n) is 8.56. The van der Waals surface area contributed by atoms with E-state index in [4.69, 9.17) is 0 Å². The third-order valence-electron chi connectivity index (χ3n) is 5.79. The lowest BCUT2D eigenvalue weighted by atomic mass is 10.1. The summed E-state index contributed by atoms with van der Waals surface area (Å²) >= 11 is 1.42. The maximum Gasteiger partial charge on any atom is 0.259 e. The van der Waals surface area contributed by atoms with Gasteiger partial charge in [0.2, 0.25) is 0 Å². The normalized spacial score (nSPS) is 13.5. The van der Waals surface area contributed by atoms with Crippen LogP contribution in [0.15, 0.2) is 36.4 Å². The number of thiazole rings is 1. The van der Waals surface area contributed by atoms with Crippen LogP contribution in [0.2, 0.25) is 0 Å². The lowest BCUT2D eigenvalue weighted by Crippen LogP contribution is -2.15. The van der Waals surface area contributed by atoms with Crippen molar-refractivity contribution in [3.05, 3.63) is 53.2 Å². The van der Waals surface area contributed by atoms with Gasteiger partial charge in [-0.1, -0.05) is 0 Å². The molecule has 0 radical (unpaired) electrons. The molecule has 1 aliphatic rings. The molecule has 1 fully saturated rings. The molecule has 2 N–H and O–H groups in total. The summed E-state index contributed by atoms with van der Waals surface area (Å²) in [6.07, 6.45) is 7.99. The molecule has 9 nitrogen and oxygen atoms in total. The molecule has 170 valence electrons. The molecule has 1 saturated carbocycles. The van der Waals surface area contributed by atoms with Crippen molar-refractivity contribution in [3.63, 3.8) is 0 Å². The Morgan fingerprint density at radius 1 is 1.24 bits per heavy atom. The Morgan fingerprint density at radius 3 is 2.79 bits per heavy atom. The topological polar surface area (TPSA) is 103 Å². The molecular weight excluding hydrogens is 436 g/mol. The molecule has 0 saturated heterocycles. The summed E-state index contributed by atoms with van der Waals surface area (Å²) in [4.78, 5) is 22.4. The number of nitrogens with zero attached hydrogens (tertiary/aromatic N) is 6. The van der Waals surface area contributed by atoms with Crippen LogP contribution in [-0.4, -0.2) is 42.3 Å². The van der Waals surface area contributed by atoms with Crippen LogP contribution >= 0.6 is 11.3 Å². The van der Waals surface area contributed by atoms with Crippen LogP contribution in [0.25, 0.3) is 16.5 Å². The molecule has 33 heavy (non-hydrogen) atoms. The molecule has 0 bridgehead atoms. The lowest BCUT2D eigenvalue weighted by Gasteiger charge is -2.14. The fraction of sp³-hybridized carbons (Fsp3) is 0.348. The highest BCUT2D eigenvalue weighted by atomic mass is 32.1. The zero-order valence-electron chi connectivity index (χ0n) is 19.0. The quantitative estimate of drug-likeness (QED) is 0.414. The zero-order valence-corrected chi connectivity index (χ0v) is 19.8. The molecular formula is C23H26N8OS. The predicted octanol–water partition coefficient (Wildman–Crippen LogP) is 4.65. The Kier molecular flexibility index (Phi) is 5.45.